The van der Waals surface area contributed by atoms with Crippen LogP contribution in [0.4, 0.5) is 4.79 Å². The molecule has 0 unspecified atom stereocenters. The summed E-state index contributed by atoms with van der Waals surface area (Å²) in [6.45, 7) is 2.25. The first kappa shape index (κ1) is 28.8. The van der Waals surface area contributed by atoms with Crippen LogP contribution in [-0.4, -0.2) is 77.0 Å². The standard InChI is InChI=1S/C30H36ClN5O5/c1-40-22-11-12-26(23(31)17-22)41-16-13-21-18-32-14-15-35(21)29(37)27-28(20-7-3-2-4-8-20)36(19-33-27)25-10-6-5-9-24(25)34-30(38)39/h2-4,7-8,11-12,17,19,21,24-25,32,34H,5-6,9-10,13-16,18H2,1H3,(H,38,39)/t21-,24+,25+/m1/s1. The number of halogens is 1. The van der Waals surface area contributed by atoms with Crippen LogP contribution in [0.3, 0.4) is 0 Å². The first-order valence-corrected chi connectivity index (χ1v) is 14.4. The Morgan fingerprint density at radius 2 is 1.98 bits per heavy atom. The topological polar surface area (TPSA) is 118 Å². The molecule has 3 atom stereocenters. The molecule has 41 heavy (non-hydrogen) atoms. The molecule has 10 nitrogen and oxygen atoms in total. The number of nitrogens with one attached hydrogen (secondary N) is 2. The molecule has 1 aromatic heterocycles. The molecule has 2 aliphatic rings. The van der Waals surface area contributed by atoms with Crippen LogP contribution in [0.15, 0.2) is 54.9 Å². The fourth-order valence-electron chi connectivity index (χ4n) is 5.87. The van der Waals surface area contributed by atoms with E-state index in [2.05, 4.69) is 15.6 Å². The molecule has 1 aliphatic heterocycles. The third-order valence-corrected chi connectivity index (χ3v) is 8.19. The molecule has 2 fully saturated rings. The van der Waals surface area contributed by atoms with E-state index in [-0.39, 0.29) is 24.0 Å². The van der Waals surface area contributed by atoms with Crippen LogP contribution in [0.1, 0.15) is 48.6 Å². The molecular weight excluding hydrogens is 546 g/mol. The smallest absolute Gasteiger partial charge is 0.404 e. The summed E-state index contributed by atoms with van der Waals surface area (Å²) in [6, 6.07) is 14.5. The van der Waals surface area contributed by atoms with Crippen molar-refractivity contribution in [3.05, 3.63) is 65.6 Å². The summed E-state index contributed by atoms with van der Waals surface area (Å²) < 4.78 is 13.2. The second-order valence-corrected chi connectivity index (χ2v) is 10.8. The molecule has 2 amide bonds. The van der Waals surface area contributed by atoms with Gasteiger partial charge in [-0.05, 0) is 25.0 Å². The fraction of sp³-hybridized carbons (Fsp3) is 0.433. The van der Waals surface area contributed by atoms with Crippen LogP contribution in [-0.2, 0) is 0 Å². The predicted molar refractivity (Wildman–Crippen MR) is 156 cm³/mol. The van der Waals surface area contributed by atoms with E-state index in [1.54, 1.807) is 31.6 Å². The highest BCUT2D eigenvalue weighted by Gasteiger charge is 2.35. The minimum absolute atomic E-state index is 0.0989. The number of amides is 2. The number of aromatic nitrogens is 2. The Balaban J connectivity index is 1.39. The largest absolute Gasteiger partial charge is 0.497 e. The van der Waals surface area contributed by atoms with Crippen molar-refractivity contribution in [2.75, 3.05) is 33.4 Å². The van der Waals surface area contributed by atoms with Crippen molar-refractivity contribution in [2.45, 2.75) is 50.2 Å². The molecule has 3 aromatic rings. The van der Waals surface area contributed by atoms with Gasteiger partial charge in [0.1, 0.15) is 11.5 Å². The summed E-state index contributed by atoms with van der Waals surface area (Å²) >= 11 is 6.34. The number of piperazine rings is 1. The van der Waals surface area contributed by atoms with Crippen LogP contribution < -0.4 is 20.1 Å². The van der Waals surface area contributed by atoms with Gasteiger partial charge in [-0.3, -0.25) is 4.79 Å². The minimum Gasteiger partial charge on any atom is -0.497 e. The van der Waals surface area contributed by atoms with E-state index in [9.17, 15) is 14.7 Å². The lowest BCUT2D eigenvalue weighted by Gasteiger charge is -2.36. The van der Waals surface area contributed by atoms with Gasteiger partial charge >= 0.3 is 6.09 Å². The van der Waals surface area contributed by atoms with Gasteiger partial charge in [-0.15, -0.1) is 0 Å². The molecule has 2 heterocycles. The van der Waals surface area contributed by atoms with Crippen molar-refractivity contribution >= 4 is 23.6 Å². The number of methoxy groups -OCH3 is 1. The summed E-state index contributed by atoms with van der Waals surface area (Å²) in [5.41, 5.74) is 1.97. The van der Waals surface area contributed by atoms with Crippen LogP contribution >= 0.6 is 11.6 Å². The summed E-state index contributed by atoms with van der Waals surface area (Å²) in [5.74, 6) is 1.08. The molecule has 1 aliphatic carbocycles. The van der Waals surface area contributed by atoms with Gasteiger partial charge in [0.05, 0.1) is 42.8 Å². The first-order chi connectivity index (χ1) is 20.0. The van der Waals surface area contributed by atoms with Gasteiger partial charge < -0.3 is 34.7 Å². The molecule has 0 radical (unpaired) electrons. The average molecular weight is 582 g/mol. The number of benzene rings is 2. The Morgan fingerprint density at radius 1 is 1.17 bits per heavy atom. The van der Waals surface area contributed by atoms with E-state index in [1.165, 1.54) is 0 Å². The maximum Gasteiger partial charge on any atom is 0.404 e. The van der Waals surface area contributed by atoms with E-state index in [0.717, 1.165) is 36.9 Å². The Morgan fingerprint density at radius 3 is 2.73 bits per heavy atom. The van der Waals surface area contributed by atoms with Crippen molar-refractivity contribution < 1.29 is 24.2 Å². The van der Waals surface area contributed by atoms with E-state index >= 15 is 0 Å². The summed E-state index contributed by atoms with van der Waals surface area (Å²) in [6.07, 6.45) is 4.75. The molecule has 0 spiro atoms. The third-order valence-electron chi connectivity index (χ3n) is 7.90. The van der Waals surface area contributed by atoms with E-state index in [4.69, 9.17) is 21.1 Å². The lowest BCUT2D eigenvalue weighted by atomic mass is 9.89. The van der Waals surface area contributed by atoms with Gasteiger partial charge in [-0.25, -0.2) is 9.78 Å². The molecule has 5 rings (SSSR count). The highest BCUT2D eigenvalue weighted by Crippen LogP contribution is 2.35. The number of hydrogen-bond acceptors (Lipinski definition) is 6. The zero-order valence-electron chi connectivity index (χ0n) is 23.1. The van der Waals surface area contributed by atoms with Gasteiger partial charge in [-0.1, -0.05) is 54.8 Å². The van der Waals surface area contributed by atoms with Crippen molar-refractivity contribution in [1.29, 1.82) is 0 Å². The number of carbonyl (C=O) groups is 2. The second-order valence-electron chi connectivity index (χ2n) is 10.4. The van der Waals surface area contributed by atoms with Gasteiger partial charge in [0.15, 0.2) is 5.69 Å². The fourth-order valence-corrected chi connectivity index (χ4v) is 6.10. The molecular formula is C30H36ClN5O5. The Hall–Kier alpha value is -3.76. The number of carboxylic acid groups (broad SMARTS) is 1. The van der Waals surface area contributed by atoms with Gasteiger partial charge in [-0.2, -0.15) is 0 Å². The van der Waals surface area contributed by atoms with Gasteiger partial charge in [0, 0.05) is 43.7 Å². The van der Waals surface area contributed by atoms with Crippen molar-refractivity contribution in [1.82, 2.24) is 25.1 Å². The first-order valence-electron chi connectivity index (χ1n) is 14.1. The van der Waals surface area contributed by atoms with Gasteiger partial charge in [0.2, 0.25) is 0 Å². The number of nitrogens with zero attached hydrogens (tertiary/aromatic N) is 3. The molecule has 218 valence electrons. The van der Waals surface area contributed by atoms with Gasteiger partial charge in [0.25, 0.3) is 5.91 Å². The third kappa shape index (κ3) is 6.60. The van der Waals surface area contributed by atoms with Crippen molar-refractivity contribution in [2.24, 2.45) is 0 Å². The highest BCUT2D eigenvalue weighted by atomic mass is 35.5. The van der Waals surface area contributed by atoms with E-state index < -0.39 is 6.09 Å². The molecule has 3 N–H and O–H groups in total. The number of ether oxygens (including phenoxy) is 2. The Labute approximate surface area is 244 Å². The highest BCUT2D eigenvalue weighted by molar-refractivity contribution is 6.32. The number of imidazole rings is 1. The summed E-state index contributed by atoms with van der Waals surface area (Å²) in [4.78, 5) is 32.2. The quantitative estimate of drug-likeness (QED) is 0.331. The monoisotopic (exact) mass is 581 g/mol. The lowest BCUT2D eigenvalue weighted by Crippen LogP contribution is -2.54. The number of carbonyl (C=O) groups excluding carboxylic acids is 1. The zero-order valence-corrected chi connectivity index (χ0v) is 23.8. The predicted octanol–water partition coefficient (Wildman–Crippen LogP) is 4.85. The normalized spacial score (nSPS) is 20.8. The Kier molecular flexibility index (Phi) is 9.31. The summed E-state index contributed by atoms with van der Waals surface area (Å²) in [5, 5.41) is 16.0. The van der Waals surface area contributed by atoms with Crippen LogP contribution in [0, 0.1) is 0 Å². The molecule has 1 saturated heterocycles. The number of rotatable bonds is 9. The molecule has 2 aromatic carbocycles. The zero-order chi connectivity index (χ0) is 28.8. The van der Waals surface area contributed by atoms with E-state index in [0.29, 0.717) is 54.9 Å². The van der Waals surface area contributed by atoms with Crippen molar-refractivity contribution in [3.63, 3.8) is 0 Å². The maximum atomic E-state index is 14.2. The minimum atomic E-state index is -1.04. The van der Waals surface area contributed by atoms with Crippen LogP contribution in [0.25, 0.3) is 11.3 Å². The lowest BCUT2D eigenvalue weighted by molar-refractivity contribution is 0.0601. The molecule has 1 saturated carbocycles. The average Bonchev–Trinajstić information content (AvgIpc) is 3.43. The summed E-state index contributed by atoms with van der Waals surface area (Å²) in [7, 11) is 1.58. The Bertz CT molecular complexity index is 1350. The van der Waals surface area contributed by atoms with Crippen molar-refractivity contribution in [3.8, 4) is 22.8 Å². The van der Waals surface area contributed by atoms with Crippen LogP contribution in [0.2, 0.25) is 5.02 Å². The second kappa shape index (κ2) is 13.3. The maximum absolute atomic E-state index is 14.2. The van der Waals surface area contributed by atoms with E-state index in [1.807, 2.05) is 39.8 Å². The SMILES string of the molecule is COc1ccc(OCC[C@@H]2CNCCN2C(=O)c2ncn([C@H]3CCCC[C@@H]3NC(=O)O)c2-c2ccccc2)c(Cl)c1. The number of hydrogen-bond donors (Lipinski definition) is 3. The molecule has 11 heteroatoms. The molecule has 0 bridgehead atoms. The van der Waals surface area contributed by atoms with Crippen LogP contribution in [0.5, 0.6) is 11.5 Å².